The summed E-state index contributed by atoms with van der Waals surface area (Å²) < 4.78 is 5.70. The number of dihydropyridines is 1. The number of ether oxygens (including phenoxy) is 1. The first kappa shape index (κ1) is 33.1. The van der Waals surface area contributed by atoms with Crippen LogP contribution in [0.4, 0.5) is 11.5 Å². The smallest absolute Gasteiger partial charge is 0.226 e. The first-order valence-corrected chi connectivity index (χ1v) is 15.7. The summed E-state index contributed by atoms with van der Waals surface area (Å²) in [6.45, 7) is 7.64. The van der Waals surface area contributed by atoms with Crippen LogP contribution in [-0.2, 0) is 9.53 Å². The lowest BCUT2D eigenvalue weighted by Crippen LogP contribution is -2.36. The number of hydrogen-bond donors (Lipinski definition) is 1. The molecule has 10 nitrogen and oxygen atoms in total. The van der Waals surface area contributed by atoms with Crippen molar-refractivity contribution >= 4 is 53.2 Å². The highest BCUT2D eigenvalue weighted by Gasteiger charge is 2.29. The highest BCUT2D eigenvalue weighted by molar-refractivity contribution is 8.14. The molecule has 5 rings (SSSR count). The van der Waals surface area contributed by atoms with Gasteiger partial charge in [-0.05, 0) is 94.2 Å². The minimum absolute atomic E-state index is 0.0514. The van der Waals surface area contributed by atoms with E-state index < -0.39 is 0 Å². The van der Waals surface area contributed by atoms with Gasteiger partial charge in [0.15, 0.2) is 10.8 Å². The lowest BCUT2D eigenvalue weighted by molar-refractivity contribution is -0.109. The molecule has 0 saturated heterocycles. The molecule has 44 heavy (non-hydrogen) atoms. The van der Waals surface area contributed by atoms with Crippen LogP contribution in [0.3, 0.4) is 0 Å². The number of hydrogen-bond acceptors (Lipinski definition) is 11. The van der Waals surface area contributed by atoms with Crippen LogP contribution in [0.2, 0.25) is 0 Å². The van der Waals surface area contributed by atoms with Gasteiger partial charge in [-0.1, -0.05) is 5.92 Å². The SMILES string of the molecule is C=Nc1ncc(C#CC2CC2)nc1SC(=O)c1ccc(N(C)CCN(CC=O)C2CC2)cc1C1=C(OC)C=NC(C)C1.CN. The maximum Gasteiger partial charge on any atom is 0.226 e. The molecule has 1 aromatic heterocycles. The van der Waals surface area contributed by atoms with E-state index in [0.717, 1.165) is 73.6 Å². The molecule has 1 aliphatic heterocycles. The van der Waals surface area contributed by atoms with Gasteiger partial charge in [-0.25, -0.2) is 15.0 Å². The number of thioether (sulfide) groups is 1. The van der Waals surface area contributed by atoms with Crippen LogP contribution in [0.25, 0.3) is 5.57 Å². The maximum atomic E-state index is 13.9. The molecule has 3 aliphatic rings. The number of nitrogens with two attached hydrogens (primary N) is 1. The maximum absolute atomic E-state index is 13.9. The molecule has 1 aromatic carbocycles. The molecule has 2 saturated carbocycles. The Morgan fingerprint density at radius 3 is 2.68 bits per heavy atom. The Balaban J connectivity index is 0.00000216. The fourth-order valence-electron chi connectivity index (χ4n) is 4.85. The van der Waals surface area contributed by atoms with Crippen LogP contribution in [0.15, 0.2) is 45.2 Å². The third kappa shape index (κ3) is 8.62. The van der Waals surface area contributed by atoms with Gasteiger partial charge < -0.3 is 20.2 Å². The van der Waals surface area contributed by atoms with Gasteiger partial charge in [-0.15, -0.1) is 0 Å². The number of rotatable bonds is 12. The van der Waals surface area contributed by atoms with Gasteiger partial charge in [-0.2, -0.15) is 0 Å². The normalized spacial score (nSPS) is 17.3. The summed E-state index contributed by atoms with van der Waals surface area (Å²) in [5.41, 5.74) is 8.24. The number of allylic oxidation sites excluding steroid dienone is 1. The van der Waals surface area contributed by atoms with Gasteiger partial charge >= 0.3 is 0 Å². The zero-order valence-electron chi connectivity index (χ0n) is 26.0. The molecule has 2 N–H and O–H groups in total. The largest absolute Gasteiger partial charge is 0.495 e. The summed E-state index contributed by atoms with van der Waals surface area (Å²) >= 11 is 0.979. The molecule has 0 bridgehead atoms. The number of anilines is 1. The molecule has 1 unspecified atom stereocenters. The number of nitrogens with zero attached hydrogens (tertiary/aromatic N) is 6. The van der Waals surface area contributed by atoms with Crippen molar-refractivity contribution in [3.05, 3.63) is 47.0 Å². The molecule has 0 spiro atoms. The highest BCUT2D eigenvalue weighted by atomic mass is 32.2. The first-order chi connectivity index (χ1) is 21.4. The van der Waals surface area contributed by atoms with Crippen molar-refractivity contribution in [2.24, 2.45) is 21.6 Å². The first-order valence-electron chi connectivity index (χ1n) is 14.9. The number of carbonyl (C=O) groups excluding carboxylic acids is 2. The molecule has 232 valence electrons. The van der Waals surface area contributed by atoms with Crippen LogP contribution in [0, 0.1) is 17.8 Å². The lowest BCUT2D eigenvalue weighted by Gasteiger charge is -2.27. The number of aliphatic imine (C=N–C) groups is 2. The predicted molar refractivity (Wildman–Crippen MR) is 178 cm³/mol. The average molecular weight is 616 g/mol. The topological polar surface area (TPSA) is 126 Å². The average Bonchev–Trinajstić information content (AvgIpc) is 3.98. The van der Waals surface area contributed by atoms with E-state index in [9.17, 15) is 9.59 Å². The van der Waals surface area contributed by atoms with E-state index in [0.29, 0.717) is 52.8 Å². The van der Waals surface area contributed by atoms with Crippen molar-refractivity contribution in [1.29, 1.82) is 0 Å². The Labute approximate surface area is 264 Å². The molecule has 2 aromatic rings. The monoisotopic (exact) mass is 615 g/mol. The van der Waals surface area contributed by atoms with Crippen molar-refractivity contribution < 1.29 is 14.3 Å². The summed E-state index contributed by atoms with van der Waals surface area (Å²) in [7, 11) is 5.15. The van der Waals surface area contributed by atoms with E-state index in [1.807, 2.05) is 32.2 Å². The second-order valence-electron chi connectivity index (χ2n) is 10.9. The van der Waals surface area contributed by atoms with Crippen LogP contribution < -0.4 is 10.6 Å². The number of aromatic nitrogens is 2. The van der Waals surface area contributed by atoms with E-state index in [1.165, 1.54) is 7.05 Å². The van der Waals surface area contributed by atoms with Crippen molar-refractivity contribution in [3.63, 3.8) is 0 Å². The Hall–Kier alpha value is -3.85. The Morgan fingerprint density at radius 2 is 2.02 bits per heavy atom. The lowest BCUT2D eigenvalue weighted by atomic mass is 9.92. The van der Waals surface area contributed by atoms with E-state index in [4.69, 9.17) is 4.74 Å². The molecule has 2 heterocycles. The van der Waals surface area contributed by atoms with E-state index >= 15 is 0 Å². The van der Waals surface area contributed by atoms with Gasteiger partial charge in [0.05, 0.1) is 32.1 Å². The number of likely N-dealkylation sites (N-methyl/N-ethyl adjacent to an activating group) is 1. The van der Waals surface area contributed by atoms with Gasteiger partial charge in [-0.3, -0.25) is 14.7 Å². The number of benzene rings is 1. The minimum Gasteiger partial charge on any atom is -0.495 e. The van der Waals surface area contributed by atoms with E-state index in [1.54, 1.807) is 19.5 Å². The molecule has 0 amide bonds. The fourth-order valence-corrected chi connectivity index (χ4v) is 5.67. The standard InChI is InChI=1S/C32H36N6O3S.CH5N/c1-21-17-28(29(41-4)20-34-21)27-18-25(37(3)13-14-38(15-16-39)24-9-10-24)11-12-26(27)32(40)42-31-30(33-2)35-19-23(36-31)8-7-22-5-6-22;1-2/h11-12,16,18-22,24H,2,5-6,9-10,13-15,17H2,1,3-4H3;2H2,1H3. The minimum atomic E-state index is -0.185. The molecular formula is C33H41N7O3S. The number of methoxy groups -OCH3 is 1. The van der Waals surface area contributed by atoms with Gasteiger partial charge in [0.1, 0.15) is 17.7 Å². The molecule has 2 aliphatic carbocycles. The van der Waals surface area contributed by atoms with Crippen molar-refractivity contribution in [2.45, 2.75) is 56.1 Å². The van der Waals surface area contributed by atoms with Gasteiger partial charge in [0.25, 0.3) is 0 Å². The molecular weight excluding hydrogens is 574 g/mol. The third-order valence-electron chi connectivity index (χ3n) is 7.59. The Bertz CT molecular complexity index is 1490. The van der Waals surface area contributed by atoms with Gasteiger partial charge in [0.2, 0.25) is 5.12 Å². The summed E-state index contributed by atoms with van der Waals surface area (Å²) in [6.07, 6.45) is 9.44. The Morgan fingerprint density at radius 1 is 1.25 bits per heavy atom. The highest BCUT2D eigenvalue weighted by Crippen LogP contribution is 2.37. The molecule has 0 radical (unpaired) electrons. The molecule has 2 fully saturated rings. The van der Waals surface area contributed by atoms with Gasteiger partial charge in [0, 0.05) is 48.9 Å². The second-order valence-corrected chi connectivity index (χ2v) is 11.9. The summed E-state index contributed by atoms with van der Waals surface area (Å²) in [6, 6.07) is 6.43. The summed E-state index contributed by atoms with van der Waals surface area (Å²) in [5.74, 6) is 7.63. The van der Waals surface area contributed by atoms with Crippen LogP contribution in [0.1, 0.15) is 60.6 Å². The molecule has 1 atom stereocenters. The fraction of sp³-hybridized carbons (Fsp3) is 0.455. The summed E-state index contributed by atoms with van der Waals surface area (Å²) in [5, 5.41) is 0.189. The zero-order chi connectivity index (χ0) is 31.6. The number of aldehydes is 1. The Kier molecular flexibility index (Phi) is 11.8. The zero-order valence-corrected chi connectivity index (χ0v) is 26.8. The molecule has 11 heteroatoms. The van der Waals surface area contributed by atoms with Crippen LogP contribution in [0.5, 0.6) is 0 Å². The summed E-state index contributed by atoms with van der Waals surface area (Å²) in [4.78, 5) is 46.9. The third-order valence-corrected chi connectivity index (χ3v) is 8.46. The van der Waals surface area contributed by atoms with E-state index in [-0.39, 0.29) is 11.2 Å². The number of carbonyl (C=O) groups is 2. The van der Waals surface area contributed by atoms with Crippen molar-refractivity contribution in [1.82, 2.24) is 14.9 Å². The van der Waals surface area contributed by atoms with Crippen LogP contribution >= 0.6 is 11.8 Å². The quantitative estimate of drug-likeness (QED) is 0.160. The van der Waals surface area contributed by atoms with Crippen molar-refractivity contribution in [2.75, 3.05) is 45.7 Å². The predicted octanol–water partition coefficient (Wildman–Crippen LogP) is 4.40. The van der Waals surface area contributed by atoms with Crippen molar-refractivity contribution in [3.8, 4) is 11.8 Å². The van der Waals surface area contributed by atoms with Crippen LogP contribution in [-0.4, -0.2) is 92.1 Å². The second kappa shape index (κ2) is 15.7. The van der Waals surface area contributed by atoms with E-state index in [2.05, 4.69) is 54.0 Å².